The first-order valence-corrected chi connectivity index (χ1v) is 22.0. The summed E-state index contributed by atoms with van der Waals surface area (Å²) in [5.41, 5.74) is 13.6. The molecule has 4 heteroatoms. The van der Waals surface area contributed by atoms with Crippen LogP contribution in [-0.4, -0.2) is 0 Å². The Bertz CT molecular complexity index is 3530. The SMILES string of the molecule is C1=CC2=C(CC1)N(c1ccc3c(-c4ccccc4)c4cc(N5c6ccccc6Oc6ccccc65)ccc4c(-c4ccc5cc(-c6ccccc6)ccc5c4)c3c1)c1ccccc1O2. The van der Waals surface area contributed by atoms with Gasteiger partial charge in [0.15, 0.2) is 17.2 Å². The molecule has 0 N–H and O–H groups in total. The van der Waals surface area contributed by atoms with Crippen molar-refractivity contribution in [3.8, 4) is 50.6 Å². The first-order valence-electron chi connectivity index (χ1n) is 22.0. The van der Waals surface area contributed by atoms with Crippen LogP contribution < -0.4 is 19.3 Å². The third kappa shape index (κ3) is 5.84. The predicted octanol–water partition coefficient (Wildman–Crippen LogP) is 16.8. The van der Waals surface area contributed by atoms with Crippen molar-refractivity contribution in [3.05, 3.63) is 230 Å². The highest BCUT2D eigenvalue weighted by molar-refractivity contribution is 6.23. The minimum atomic E-state index is 0.833. The molecule has 2 heterocycles. The fraction of sp³-hybridized carbons (Fsp3) is 0.0333. The smallest absolute Gasteiger partial charge is 0.151 e. The Labute approximate surface area is 371 Å². The van der Waals surface area contributed by atoms with Crippen LogP contribution in [0.4, 0.5) is 28.4 Å². The predicted molar refractivity (Wildman–Crippen MR) is 265 cm³/mol. The molecule has 0 aromatic heterocycles. The van der Waals surface area contributed by atoms with Crippen molar-refractivity contribution in [2.75, 3.05) is 9.80 Å². The van der Waals surface area contributed by atoms with E-state index in [4.69, 9.17) is 9.47 Å². The zero-order valence-corrected chi connectivity index (χ0v) is 34.9. The maximum Gasteiger partial charge on any atom is 0.151 e. The number of ether oxygens (including phenoxy) is 2. The van der Waals surface area contributed by atoms with Gasteiger partial charge in [-0.05, 0) is 157 Å². The molecular weight excluding hydrogens is 781 g/mol. The van der Waals surface area contributed by atoms with Gasteiger partial charge in [0.1, 0.15) is 5.76 Å². The van der Waals surface area contributed by atoms with Crippen LogP contribution in [0.5, 0.6) is 17.2 Å². The number of hydrogen-bond acceptors (Lipinski definition) is 4. The number of rotatable bonds is 5. The molecule has 10 aromatic rings. The summed E-state index contributed by atoms with van der Waals surface area (Å²) >= 11 is 0. The highest BCUT2D eigenvalue weighted by Crippen LogP contribution is 2.53. The van der Waals surface area contributed by atoms with E-state index in [0.717, 1.165) is 64.3 Å². The summed E-state index contributed by atoms with van der Waals surface area (Å²) in [6.45, 7) is 0. The Morgan fingerprint density at radius 1 is 0.359 bits per heavy atom. The average molecular weight is 821 g/mol. The van der Waals surface area contributed by atoms with Crippen LogP contribution in [0.15, 0.2) is 230 Å². The lowest BCUT2D eigenvalue weighted by Gasteiger charge is -2.36. The van der Waals surface area contributed by atoms with Crippen LogP contribution >= 0.6 is 0 Å². The summed E-state index contributed by atoms with van der Waals surface area (Å²) in [7, 11) is 0. The van der Waals surface area contributed by atoms with E-state index in [1.165, 1.54) is 71.4 Å². The van der Waals surface area contributed by atoms with E-state index < -0.39 is 0 Å². The van der Waals surface area contributed by atoms with Crippen molar-refractivity contribution in [1.29, 1.82) is 0 Å². The van der Waals surface area contributed by atoms with Crippen LogP contribution in [-0.2, 0) is 0 Å². The zero-order chi connectivity index (χ0) is 42.1. The molecule has 0 saturated carbocycles. The third-order valence-electron chi connectivity index (χ3n) is 13.0. The number of allylic oxidation sites excluding steroid dienone is 3. The maximum absolute atomic E-state index is 6.52. The lowest BCUT2D eigenvalue weighted by molar-refractivity contribution is 0.421. The van der Waals surface area contributed by atoms with E-state index >= 15 is 0 Å². The van der Waals surface area contributed by atoms with E-state index in [1.54, 1.807) is 0 Å². The molecule has 302 valence electrons. The van der Waals surface area contributed by atoms with Crippen molar-refractivity contribution in [3.63, 3.8) is 0 Å². The van der Waals surface area contributed by atoms with Crippen molar-refractivity contribution in [1.82, 2.24) is 0 Å². The van der Waals surface area contributed by atoms with Crippen molar-refractivity contribution in [2.24, 2.45) is 0 Å². The normalized spacial score (nSPS) is 13.9. The van der Waals surface area contributed by atoms with Crippen LogP contribution in [0.2, 0.25) is 0 Å². The van der Waals surface area contributed by atoms with Gasteiger partial charge >= 0.3 is 0 Å². The fourth-order valence-corrected chi connectivity index (χ4v) is 10.1. The van der Waals surface area contributed by atoms with Gasteiger partial charge in [-0.3, -0.25) is 0 Å². The van der Waals surface area contributed by atoms with Crippen LogP contribution in [0, 0.1) is 0 Å². The number of nitrogens with zero attached hydrogens (tertiary/aromatic N) is 2. The molecule has 0 spiro atoms. The summed E-state index contributed by atoms with van der Waals surface area (Å²) in [6.07, 6.45) is 6.21. The summed E-state index contributed by atoms with van der Waals surface area (Å²) in [5.74, 6) is 3.44. The Morgan fingerprint density at radius 3 is 1.50 bits per heavy atom. The first-order chi connectivity index (χ1) is 31.7. The summed E-state index contributed by atoms with van der Waals surface area (Å²) in [5, 5.41) is 7.16. The standard InChI is InChI=1S/C60H40N2O2/c1-3-15-39(16-4-1)41-27-28-43-36-44(30-29-42(43)35-41)60-48-34-32-45(61-51-19-7-11-23-55(51)63-56-24-12-8-20-52(56)61)37-49(48)59(40-17-5-2-6-18-40)47-33-31-46(38-50(47)60)62-53-21-9-13-25-57(53)64-58-26-14-10-22-54(58)62/h1-9,11-21,23-38H,10,22H2. The molecule has 13 rings (SSSR count). The molecule has 10 aromatic carbocycles. The number of hydrogen-bond donors (Lipinski definition) is 0. The van der Waals surface area contributed by atoms with Gasteiger partial charge in [-0.2, -0.15) is 0 Å². The van der Waals surface area contributed by atoms with E-state index in [9.17, 15) is 0 Å². The fourth-order valence-electron chi connectivity index (χ4n) is 10.1. The summed E-state index contributed by atoms with van der Waals surface area (Å²) in [6, 6.07) is 74.5. The lowest BCUT2D eigenvalue weighted by atomic mass is 9.84. The number of para-hydroxylation sites is 6. The van der Waals surface area contributed by atoms with Gasteiger partial charge in [0.2, 0.25) is 0 Å². The summed E-state index contributed by atoms with van der Waals surface area (Å²) in [4.78, 5) is 4.77. The van der Waals surface area contributed by atoms with Gasteiger partial charge in [0.25, 0.3) is 0 Å². The van der Waals surface area contributed by atoms with Crippen molar-refractivity contribution >= 4 is 60.8 Å². The second-order valence-corrected chi connectivity index (χ2v) is 16.7. The molecule has 3 aliphatic rings. The molecule has 0 atom stereocenters. The highest BCUT2D eigenvalue weighted by atomic mass is 16.5. The molecule has 0 fully saturated rings. The van der Waals surface area contributed by atoms with Gasteiger partial charge in [0, 0.05) is 11.4 Å². The Kier molecular flexibility index (Phi) is 8.31. The molecule has 64 heavy (non-hydrogen) atoms. The minimum Gasteiger partial charge on any atom is -0.453 e. The van der Waals surface area contributed by atoms with Gasteiger partial charge in [-0.1, -0.05) is 140 Å². The van der Waals surface area contributed by atoms with E-state index in [2.05, 4.69) is 216 Å². The molecular formula is C60H40N2O2. The first kappa shape index (κ1) is 36.3. The Hall–Kier alpha value is -8.34. The Morgan fingerprint density at radius 2 is 0.859 bits per heavy atom. The van der Waals surface area contributed by atoms with Crippen molar-refractivity contribution < 1.29 is 9.47 Å². The molecule has 0 unspecified atom stereocenters. The van der Waals surface area contributed by atoms with Gasteiger partial charge in [-0.15, -0.1) is 0 Å². The number of fused-ring (bicyclic) bond motifs is 6. The molecule has 4 nitrogen and oxygen atoms in total. The molecule has 0 saturated heterocycles. The largest absolute Gasteiger partial charge is 0.453 e. The Balaban J connectivity index is 1.10. The van der Waals surface area contributed by atoms with Gasteiger partial charge in [-0.25, -0.2) is 0 Å². The number of anilines is 5. The highest BCUT2D eigenvalue weighted by Gasteiger charge is 2.30. The molecule has 0 bridgehead atoms. The quantitative estimate of drug-likeness (QED) is 0.162. The minimum absolute atomic E-state index is 0.833. The maximum atomic E-state index is 6.52. The topological polar surface area (TPSA) is 24.9 Å². The molecule has 0 amide bonds. The van der Waals surface area contributed by atoms with Crippen LogP contribution in [0.25, 0.3) is 65.7 Å². The lowest BCUT2D eigenvalue weighted by Crippen LogP contribution is -2.25. The van der Waals surface area contributed by atoms with E-state index in [1.807, 2.05) is 12.1 Å². The van der Waals surface area contributed by atoms with Crippen LogP contribution in [0.1, 0.15) is 12.8 Å². The number of benzene rings is 10. The third-order valence-corrected chi connectivity index (χ3v) is 13.0. The average Bonchev–Trinajstić information content (AvgIpc) is 3.36. The van der Waals surface area contributed by atoms with Crippen LogP contribution in [0.3, 0.4) is 0 Å². The second kappa shape index (κ2) is 14.6. The zero-order valence-electron chi connectivity index (χ0n) is 34.9. The monoisotopic (exact) mass is 820 g/mol. The van der Waals surface area contributed by atoms with E-state index in [0.29, 0.717) is 0 Å². The molecule has 2 aliphatic heterocycles. The molecule has 1 aliphatic carbocycles. The van der Waals surface area contributed by atoms with Crippen molar-refractivity contribution in [2.45, 2.75) is 12.8 Å². The van der Waals surface area contributed by atoms with E-state index in [-0.39, 0.29) is 0 Å². The van der Waals surface area contributed by atoms with Gasteiger partial charge in [0.05, 0.1) is 22.8 Å². The summed E-state index contributed by atoms with van der Waals surface area (Å²) < 4.78 is 13.0. The second-order valence-electron chi connectivity index (χ2n) is 16.7. The van der Waals surface area contributed by atoms with Gasteiger partial charge < -0.3 is 19.3 Å². The molecule has 0 radical (unpaired) electrons.